The molecule has 0 aliphatic heterocycles. The standard InChI is InChI=1S/C56H42N4/c1-35-14-6-7-17-44(35)48-33-40(26-27-45(48)36(2)51-20-10-12-28-57-51)42-30-41(37-22-24-38(25-23-37)52-21-11-13-29-58-52)31-43(32-42)56-59-54(39-15-4-3-5-16-39)53-50-34-49(50)46-18-8-9-19-47(46)55(53)60-56/h3-33,35,44,49-50H,2,34H2,1H3. The number of hydrogen-bond donors (Lipinski definition) is 0. The van der Waals surface area contributed by atoms with Gasteiger partial charge in [0, 0.05) is 51.7 Å². The minimum Gasteiger partial charge on any atom is -0.256 e. The van der Waals surface area contributed by atoms with Crippen LogP contribution in [-0.2, 0) is 0 Å². The molecule has 1 saturated carbocycles. The number of allylic oxidation sites excluding steroid dienone is 4. The number of fused-ring (bicyclic) bond motifs is 6. The van der Waals surface area contributed by atoms with Crippen LogP contribution in [0, 0.1) is 5.92 Å². The molecule has 60 heavy (non-hydrogen) atoms. The summed E-state index contributed by atoms with van der Waals surface area (Å²) < 4.78 is 0. The van der Waals surface area contributed by atoms with Gasteiger partial charge < -0.3 is 0 Å². The van der Waals surface area contributed by atoms with Gasteiger partial charge in [-0.2, -0.15) is 0 Å². The van der Waals surface area contributed by atoms with Crippen molar-refractivity contribution in [3.8, 4) is 67.4 Å². The highest BCUT2D eigenvalue weighted by Crippen LogP contribution is 2.63. The van der Waals surface area contributed by atoms with Crippen molar-refractivity contribution in [2.24, 2.45) is 5.92 Å². The zero-order valence-corrected chi connectivity index (χ0v) is 33.4. The maximum Gasteiger partial charge on any atom is 0.160 e. The first-order chi connectivity index (χ1) is 29.6. The van der Waals surface area contributed by atoms with Gasteiger partial charge in [0.1, 0.15) is 0 Å². The number of rotatable bonds is 8. The van der Waals surface area contributed by atoms with Crippen LogP contribution in [0.4, 0.5) is 0 Å². The van der Waals surface area contributed by atoms with Crippen LogP contribution in [0.1, 0.15) is 59.0 Å². The van der Waals surface area contributed by atoms with E-state index in [1.807, 2.05) is 42.7 Å². The van der Waals surface area contributed by atoms with Gasteiger partial charge in [0.05, 0.1) is 22.8 Å². The lowest BCUT2D eigenvalue weighted by Crippen LogP contribution is -2.10. The lowest BCUT2D eigenvalue weighted by molar-refractivity contribution is 0.634. The highest BCUT2D eigenvalue weighted by Gasteiger charge is 2.48. The van der Waals surface area contributed by atoms with Crippen LogP contribution in [0.15, 0.2) is 195 Å². The summed E-state index contributed by atoms with van der Waals surface area (Å²) in [4.78, 5) is 20.3. The largest absolute Gasteiger partial charge is 0.256 e. The Bertz CT molecular complexity index is 2970. The van der Waals surface area contributed by atoms with Crippen LogP contribution in [0.5, 0.6) is 0 Å². The number of benzene rings is 5. The summed E-state index contributed by atoms with van der Waals surface area (Å²) in [5.74, 6) is 2.18. The fourth-order valence-corrected chi connectivity index (χ4v) is 9.40. The first kappa shape index (κ1) is 35.8. The molecule has 0 saturated heterocycles. The Hall–Kier alpha value is -7.30. The van der Waals surface area contributed by atoms with Gasteiger partial charge in [-0.05, 0) is 112 Å². The van der Waals surface area contributed by atoms with E-state index in [1.54, 1.807) is 0 Å². The molecule has 0 N–H and O–H groups in total. The molecular formula is C56H42N4. The molecule has 3 aliphatic rings. The van der Waals surface area contributed by atoms with E-state index in [0.717, 1.165) is 85.1 Å². The third kappa shape index (κ3) is 6.42. The first-order valence-corrected chi connectivity index (χ1v) is 20.9. The van der Waals surface area contributed by atoms with E-state index in [0.29, 0.717) is 17.8 Å². The third-order valence-electron chi connectivity index (χ3n) is 12.6. The van der Waals surface area contributed by atoms with E-state index in [9.17, 15) is 0 Å². The van der Waals surface area contributed by atoms with Crippen LogP contribution >= 0.6 is 0 Å². The molecule has 0 bridgehead atoms. The molecule has 5 aromatic carbocycles. The molecule has 1 fully saturated rings. The third-order valence-corrected chi connectivity index (χ3v) is 12.6. The minimum absolute atomic E-state index is 0.177. The van der Waals surface area contributed by atoms with Gasteiger partial charge in [-0.25, -0.2) is 9.97 Å². The second-order valence-electron chi connectivity index (χ2n) is 16.3. The van der Waals surface area contributed by atoms with E-state index < -0.39 is 0 Å². The van der Waals surface area contributed by atoms with Crippen molar-refractivity contribution in [2.75, 3.05) is 0 Å². The number of hydrogen-bond acceptors (Lipinski definition) is 4. The summed E-state index contributed by atoms with van der Waals surface area (Å²) in [6, 6.07) is 54.0. The summed E-state index contributed by atoms with van der Waals surface area (Å²) >= 11 is 0. The lowest BCUT2D eigenvalue weighted by atomic mass is 9.79. The highest BCUT2D eigenvalue weighted by atomic mass is 14.9. The van der Waals surface area contributed by atoms with Gasteiger partial charge in [0.15, 0.2) is 5.82 Å². The molecule has 4 heteroatoms. The SMILES string of the molecule is C=C(c1ccccn1)c1ccc(-c2cc(-c3ccc(-c4ccccn4)cc3)cc(-c3nc(-c4ccccc4)c4c(n3)-c3ccccc3C3CC43)c2)cc1C1C=CC=CC1C. The Morgan fingerprint density at radius 1 is 0.533 bits per heavy atom. The van der Waals surface area contributed by atoms with Crippen LogP contribution < -0.4 is 0 Å². The van der Waals surface area contributed by atoms with Gasteiger partial charge in [0.25, 0.3) is 0 Å². The quantitative estimate of drug-likeness (QED) is 0.154. The molecule has 4 unspecified atom stereocenters. The highest BCUT2D eigenvalue weighted by molar-refractivity contribution is 5.87. The molecule has 3 heterocycles. The van der Waals surface area contributed by atoms with E-state index in [1.165, 1.54) is 22.3 Å². The van der Waals surface area contributed by atoms with Gasteiger partial charge in [-0.1, -0.05) is 141 Å². The molecule has 8 aromatic rings. The summed E-state index contributed by atoms with van der Waals surface area (Å²) in [5, 5.41) is 0. The average molecular weight is 771 g/mol. The van der Waals surface area contributed by atoms with Gasteiger partial charge in [-0.15, -0.1) is 0 Å². The Morgan fingerprint density at radius 3 is 2.00 bits per heavy atom. The maximum atomic E-state index is 5.53. The van der Waals surface area contributed by atoms with Gasteiger partial charge in [0.2, 0.25) is 0 Å². The molecular weight excluding hydrogens is 729 g/mol. The van der Waals surface area contributed by atoms with Crippen LogP contribution in [0.25, 0.3) is 73.0 Å². The van der Waals surface area contributed by atoms with Gasteiger partial charge >= 0.3 is 0 Å². The zero-order chi connectivity index (χ0) is 40.2. The van der Waals surface area contributed by atoms with E-state index >= 15 is 0 Å². The summed E-state index contributed by atoms with van der Waals surface area (Å²) in [7, 11) is 0. The average Bonchev–Trinajstić information content (AvgIpc) is 4.13. The molecule has 0 amide bonds. The Labute approximate surface area is 351 Å². The molecule has 3 aliphatic carbocycles. The second kappa shape index (κ2) is 14.8. The van der Waals surface area contributed by atoms with Crippen molar-refractivity contribution in [1.29, 1.82) is 0 Å². The van der Waals surface area contributed by atoms with Crippen LogP contribution in [0.3, 0.4) is 0 Å². The molecule has 4 nitrogen and oxygen atoms in total. The summed E-state index contributed by atoms with van der Waals surface area (Å²) in [6.45, 7) is 6.87. The van der Waals surface area contributed by atoms with Crippen molar-refractivity contribution in [1.82, 2.24) is 19.9 Å². The van der Waals surface area contributed by atoms with Crippen LogP contribution in [-0.4, -0.2) is 19.9 Å². The molecule has 3 aromatic heterocycles. The van der Waals surface area contributed by atoms with Crippen molar-refractivity contribution in [3.05, 3.63) is 223 Å². The van der Waals surface area contributed by atoms with Crippen molar-refractivity contribution in [3.63, 3.8) is 0 Å². The predicted octanol–water partition coefficient (Wildman–Crippen LogP) is 13.8. The van der Waals surface area contributed by atoms with E-state index in [-0.39, 0.29) is 5.92 Å². The molecule has 4 atom stereocenters. The maximum absolute atomic E-state index is 5.53. The fraction of sp³-hybridized carbons (Fsp3) is 0.107. The fourth-order valence-electron chi connectivity index (χ4n) is 9.40. The summed E-state index contributed by atoms with van der Waals surface area (Å²) in [6.07, 6.45) is 13.7. The molecule has 286 valence electrons. The topological polar surface area (TPSA) is 51.6 Å². The molecule has 0 radical (unpaired) electrons. The Balaban J connectivity index is 1.11. The normalized spacial score (nSPS) is 18.3. The van der Waals surface area contributed by atoms with Crippen molar-refractivity contribution >= 4 is 5.57 Å². The minimum atomic E-state index is 0.177. The number of nitrogens with zero attached hydrogens (tertiary/aromatic N) is 4. The lowest BCUT2D eigenvalue weighted by Gasteiger charge is -2.25. The van der Waals surface area contributed by atoms with Crippen LogP contribution in [0.2, 0.25) is 0 Å². The Kier molecular flexibility index (Phi) is 8.85. The Morgan fingerprint density at radius 2 is 1.22 bits per heavy atom. The number of pyridine rings is 2. The second-order valence-corrected chi connectivity index (χ2v) is 16.3. The monoisotopic (exact) mass is 770 g/mol. The summed E-state index contributed by atoms with van der Waals surface area (Å²) in [5.41, 5.74) is 18.7. The van der Waals surface area contributed by atoms with E-state index in [4.69, 9.17) is 9.97 Å². The predicted molar refractivity (Wildman–Crippen MR) is 245 cm³/mol. The first-order valence-electron chi connectivity index (χ1n) is 20.9. The zero-order valence-electron chi connectivity index (χ0n) is 33.4. The van der Waals surface area contributed by atoms with Gasteiger partial charge in [-0.3, -0.25) is 9.97 Å². The molecule has 11 rings (SSSR count). The number of aromatic nitrogens is 4. The molecule has 0 spiro atoms. The van der Waals surface area contributed by atoms with Crippen molar-refractivity contribution < 1.29 is 0 Å². The van der Waals surface area contributed by atoms with E-state index in [2.05, 4.69) is 169 Å². The smallest absolute Gasteiger partial charge is 0.160 e. The van der Waals surface area contributed by atoms with Crippen molar-refractivity contribution in [2.45, 2.75) is 31.1 Å².